The van der Waals surface area contributed by atoms with Crippen molar-refractivity contribution in [2.24, 2.45) is 0 Å². The third-order valence-electron chi connectivity index (χ3n) is 6.63. The molecule has 0 saturated carbocycles. The maximum Gasteiger partial charge on any atom is 0.170 e. The van der Waals surface area contributed by atoms with E-state index in [1.54, 1.807) is 0 Å². The first kappa shape index (κ1) is 22.0. The second-order valence-electron chi connectivity index (χ2n) is 8.62. The lowest BCUT2D eigenvalue weighted by Crippen LogP contribution is -2.42. The highest BCUT2D eigenvalue weighted by atomic mass is 32.1. The number of rotatable bonds is 6. The Kier molecular flexibility index (Phi) is 6.39. The van der Waals surface area contributed by atoms with Crippen LogP contribution in [0.25, 0.3) is 5.82 Å². The second-order valence-corrected chi connectivity index (χ2v) is 9.01. The summed E-state index contributed by atoms with van der Waals surface area (Å²) in [5, 5.41) is 4.36. The molecule has 0 spiro atoms. The fourth-order valence-electron chi connectivity index (χ4n) is 4.98. The Labute approximate surface area is 200 Å². The van der Waals surface area contributed by atoms with E-state index in [9.17, 15) is 0 Å². The molecule has 3 aromatic rings. The number of nitrogens with zero attached hydrogens (tertiary/aromatic N) is 5. The highest BCUT2D eigenvalue weighted by Gasteiger charge is 2.41. The molecule has 2 atom stereocenters. The SMILES string of the molecule is Cc1cc([C@H]2[C@H](c3ccccn3)NC(=S)N2CCN2CCOCC2)c(C)n1-c1ccccn1. The fraction of sp³-hybridized carbons (Fsp3) is 0.400. The molecule has 2 fully saturated rings. The number of hydrogen-bond acceptors (Lipinski definition) is 5. The molecule has 3 aromatic heterocycles. The summed E-state index contributed by atoms with van der Waals surface area (Å²) in [5.74, 6) is 0.932. The molecule has 0 bridgehead atoms. The minimum absolute atomic E-state index is 0.0129. The van der Waals surface area contributed by atoms with Crippen LogP contribution in [0.4, 0.5) is 0 Å². The van der Waals surface area contributed by atoms with Gasteiger partial charge in [0.15, 0.2) is 5.11 Å². The second kappa shape index (κ2) is 9.59. The van der Waals surface area contributed by atoms with Gasteiger partial charge >= 0.3 is 0 Å². The van der Waals surface area contributed by atoms with E-state index < -0.39 is 0 Å². The van der Waals surface area contributed by atoms with Crippen molar-refractivity contribution in [1.82, 2.24) is 29.7 Å². The van der Waals surface area contributed by atoms with Gasteiger partial charge in [0, 0.05) is 50.0 Å². The van der Waals surface area contributed by atoms with Crippen molar-refractivity contribution < 1.29 is 4.74 Å². The summed E-state index contributed by atoms with van der Waals surface area (Å²) in [6.45, 7) is 9.66. The van der Waals surface area contributed by atoms with Gasteiger partial charge in [-0.05, 0) is 62.0 Å². The molecule has 172 valence electrons. The smallest absolute Gasteiger partial charge is 0.170 e. The molecule has 2 aliphatic heterocycles. The van der Waals surface area contributed by atoms with Crippen LogP contribution in [0, 0.1) is 13.8 Å². The van der Waals surface area contributed by atoms with Crippen LogP contribution in [0.1, 0.15) is 34.7 Å². The summed E-state index contributed by atoms with van der Waals surface area (Å²) in [7, 11) is 0. The topological polar surface area (TPSA) is 58.5 Å². The highest BCUT2D eigenvalue weighted by Crippen LogP contribution is 2.41. The monoisotopic (exact) mass is 462 g/mol. The van der Waals surface area contributed by atoms with Crippen LogP contribution in [0.15, 0.2) is 54.9 Å². The number of pyridine rings is 2. The molecule has 7 nitrogen and oxygen atoms in total. The number of thiocarbonyl (C=S) groups is 1. The summed E-state index contributed by atoms with van der Waals surface area (Å²) in [6.07, 6.45) is 3.69. The first-order valence-corrected chi connectivity index (χ1v) is 11.9. The van der Waals surface area contributed by atoms with Crippen LogP contribution < -0.4 is 5.32 Å². The average molecular weight is 463 g/mol. The molecule has 5 rings (SSSR count). The van der Waals surface area contributed by atoms with Crippen LogP contribution in [0.3, 0.4) is 0 Å². The maximum absolute atomic E-state index is 5.86. The predicted octanol–water partition coefficient (Wildman–Crippen LogP) is 3.19. The number of aromatic nitrogens is 3. The van der Waals surface area contributed by atoms with Crippen molar-refractivity contribution in [3.8, 4) is 5.82 Å². The van der Waals surface area contributed by atoms with Crippen molar-refractivity contribution in [2.75, 3.05) is 39.4 Å². The maximum atomic E-state index is 5.86. The van der Waals surface area contributed by atoms with Gasteiger partial charge in [-0.15, -0.1) is 0 Å². The zero-order valence-corrected chi connectivity index (χ0v) is 20.0. The number of ether oxygens (including phenoxy) is 1. The quantitative estimate of drug-likeness (QED) is 0.565. The molecule has 5 heterocycles. The largest absolute Gasteiger partial charge is 0.379 e. The average Bonchev–Trinajstić information content (AvgIpc) is 3.34. The third kappa shape index (κ3) is 4.38. The number of hydrogen-bond donors (Lipinski definition) is 1. The molecule has 0 unspecified atom stereocenters. The van der Waals surface area contributed by atoms with E-state index in [0.29, 0.717) is 0 Å². The summed E-state index contributed by atoms with van der Waals surface area (Å²) in [5.41, 5.74) is 4.59. The molecule has 2 aliphatic rings. The zero-order valence-electron chi connectivity index (χ0n) is 19.1. The molecule has 1 N–H and O–H groups in total. The van der Waals surface area contributed by atoms with E-state index in [1.807, 2.05) is 42.7 Å². The molecule has 33 heavy (non-hydrogen) atoms. The number of morpholine rings is 1. The lowest BCUT2D eigenvalue weighted by atomic mass is 9.97. The molecule has 0 aliphatic carbocycles. The Morgan fingerprint density at radius 2 is 1.79 bits per heavy atom. The summed E-state index contributed by atoms with van der Waals surface area (Å²) >= 11 is 5.86. The Balaban J connectivity index is 1.52. The standard InChI is InChI=1S/C25H30N6OS/c1-18-17-20(19(2)31(18)22-8-4-6-10-27-22)24-23(21-7-3-5-9-26-21)28-25(33)30(24)12-11-29-13-15-32-16-14-29/h3-10,17,23-24H,11-16H2,1-2H3,(H,28,33)/t23-,24-/m0/s1. The first-order valence-electron chi connectivity index (χ1n) is 11.5. The van der Waals surface area contributed by atoms with Crippen molar-refractivity contribution in [2.45, 2.75) is 25.9 Å². The van der Waals surface area contributed by atoms with Gasteiger partial charge in [-0.3, -0.25) is 9.88 Å². The van der Waals surface area contributed by atoms with Gasteiger partial charge in [-0.2, -0.15) is 0 Å². The number of nitrogens with one attached hydrogen (secondary N) is 1. The summed E-state index contributed by atoms with van der Waals surface area (Å²) < 4.78 is 7.75. The Morgan fingerprint density at radius 3 is 2.48 bits per heavy atom. The Bertz CT molecular complexity index is 1100. The van der Waals surface area contributed by atoms with Crippen LogP contribution >= 0.6 is 12.2 Å². The van der Waals surface area contributed by atoms with E-state index in [0.717, 1.165) is 61.7 Å². The molecule has 0 aromatic carbocycles. The summed E-state index contributed by atoms with van der Waals surface area (Å²) in [4.78, 5) is 14.1. The van der Waals surface area contributed by atoms with Gasteiger partial charge in [0.05, 0.1) is 31.0 Å². The number of aryl methyl sites for hydroxylation is 1. The van der Waals surface area contributed by atoms with Crippen LogP contribution in [-0.2, 0) is 4.74 Å². The van der Waals surface area contributed by atoms with Crippen LogP contribution in [0.2, 0.25) is 0 Å². The summed E-state index contributed by atoms with van der Waals surface area (Å²) in [6, 6.07) is 14.4. The molecular weight excluding hydrogens is 432 g/mol. The molecule has 0 amide bonds. The predicted molar refractivity (Wildman–Crippen MR) is 132 cm³/mol. The lowest BCUT2D eigenvalue weighted by molar-refractivity contribution is 0.0350. The van der Waals surface area contributed by atoms with Crippen LogP contribution in [0.5, 0.6) is 0 Å². The van der Waals surface area contributed by atoms with E-state index in [-0.39, 0.29) is 12.1 Å². The van der Waals surface area contributed by atoms with Crippen molar-refractivity contribution in [3.05, 3.63) is 77.5 Å². The molecular formula is C25H30N6OS. The van der Waals surface area contributed by atoms with E-state index in [1.165, 1.54) is 11.3 Å². The van der Waals surface area contributed by atoms with Crippen LogP contribution in [-0.4, -0.2) is 68.8 Å². The minimum atomic E-state index is -0.0129. The van der Waals surface area contributed by atoms with E-state index >= 15 is 0 Å². The van der Waals surface area contributed by atoms with Crippen molar-refractivity contribution >= 4 is 17.3 Å². The van der Waals surface area contributed by atoms with Gasteiger partial charge in [0.2, 0.25) is 0 Å². The van der Waals surface area contributed by atoms with Gasteiger partial charge in [-0.1, -0.05) is 12.1 Å². The molecule has 8 heteroatoms. The lowest BCUT2D eigenvalue weighted by Gasteiger charge is -2.32. The van der Waals surface area contributed by atoms with Gasteiger partial charge in [0.25, 0.3) is 0 Å². The van der Waals surface area contributed by atoms with Gasteiger partial charge in [-0.25, -0.2) is 4.98 Å². The molecule has 0 radical (unpaired) electrons. The minimum Gasteiger partial charge on any atom is -0.379 e. The van der Waals surface area contributed by atoms with Crippen molar-refractivity contribution in [1.29, 1.82) is 0 Å². The van der Waals surface area contributed by atoms with E-state index in [4.69, 9.17) is 17.0 Å². The fourth-order valence-corrected chi connectivity index (χ4v) is 5.32. The van der Waals surface area contributed by atoms with Crippen molar-refractivity contribution in [3.63, 3.8) is 0 Å². The van der Waals surface area contributed by atoms with Gasteiger partial charge in [0.1, 0.15) is 5.82 Å². The van der Waals surface area contributed by atoms with E-state index in [2.05, 4.69) is 55.6 Å². The highest BCUT2D eigenvalue weighted by molar-refractivity contribution is 7.80. The van der Waals surface area contributed by atoms with Gasteiger partial charge < -0.3 is 19.5 Å². The normalized spacial score (nSPS) is 21.4. The Hall–Kier alpha value is -2.81. The Morgan fingerprint density at radius 1 is 1.03 bits per heavy atom. The first-order chi connectivity index (χ1) is 16.1. The zero-order chi connectivity index (χ0) is 22.8. The molecule has 2 saturated heterocycles. The third-order valence-corrected chi connectivity index (χ3v) is 6.98.